The third-order valence-electron chi connectivity index (χ3n) is 4.72. The van der Waals surface area contributed by atoms with Gasteiger partial charge in [0.15, 0.2) is 0 Å². The van der Waals surface area contributed by atoms with Crippen molar-refractivity contribution >= 4 is 0 Å². The molecule has 1 rings (SSSR count). The summed E-state index contributed by atoms with van der Waals surface area (Å²) in [5, 5.41) is 0. The molecule has 0 aliphatic heterocycles. The maximum atomic E-state index is 2.46. The van der Waals surface area contributed by atoms with Crippen molar-refractivity contribution in [1.82, 2.24) is 0 Å². The molecule has 0 nitrogen and oxygen atoms in total. The van der Waals surface area contributed by atoms with E-state index in [0.717, 1.165) is 5.92 Å². The minimum Gasteiger partial charge on any atom is -0.0651 e. The highest BCUT2D eigenvalue weighted by atomic mass is 14.5. The molecule has 14 heavy (non-hydrogen) atoms. The van der Waals surface area contributed by atoms with Gasteiger partial charge in [-0.3, -0.25) is 0 Å². The van der Waals surface area contributed by atoms with Crippen LogP contribution in [0.2, 0.25) is 0 Å². The standard InChI is InChI=1S/C14H28/c1-6-12(3)14(7-2)10-8-9-13(4,5)11-14/h12H,6-11H2,1-5H3. The van der Waals surface area contributed by atoms with E-state index >= 15 is 0 Å². The van der Waals surface area contributed by atoms with Gasteiger partial charge in [0, 0.05) is 0 Å². The molecule has 0 N–H and O–H groups in total. The van der Waals surface area contributed by atoms with Crippen molar-refractivity contribution in [2.45, 2.75) is 73.1 Å². The number of rotatable bonds is 3. The van der Waals surface area contributed by atoms with Gasteiger partial charge in [0.1, 0.15) is 0 Å². The number of hydrogen-bond donors (Lipinski definition) is 0. The molecule has 0 heterocycles. The van der Waals surface area contributed by atoms with Crippen LogP contribution >= 0.6 is 0 Å². The molecule has 2 unspecified atom stereocenters. The summed E-state index contributed by atoms with van der Waals surface area (Å²) in [6, 6.07) is 0. The Morgan fingerprint density at radius 3 is 2.21 bits per heavy atom. The van der Waals surface area contributed by atoms with Gasteiger partial charge < -0.3 is 0 Å². The molecule has 0 aromatic carbocycles. The highest BCUT2D eigenvalue weighted by molar-refractivity contribution is 4.92. The zero-order valence-corrected chi connectivity index (χ0v) is 10.8. The summed E-state index contributed by atoms with van der Waals surface area (Å²) >= 11 is 0. The van der Waals surface area contributed by atoms with Gasteiger partial charge in [0.05, 0.1) is 0 Å². The second-order valence-electron chi connectivity index (χ2n) is 6.22. The lowest BCUT2D eigenvalue weighted by molar-refractivity contribution is 0.0276. The first-order chi connectivity index (χ1) is 6.46. The molecule has 0 amide bonds. The predicted octanol–water partition coefficient (Wildman–Crippen LogP) is 5.03. The summed E-state index contributed by atoms with van der Waals surface area (Å²) < 4.78 is 0. The van der Waals surface area contributed by atoms with Crippen LogP contribution in [0.5, 0.6) is 0 Å². The Bertz CT molecular complexity index is 180. The van der Waals surface area contributed by atoms with Crippen molar-refractivity contribution in [3.63, 3.8) is 0 Å². The quantitative estimate of drug-likeness (QED) is 0.594. The van der Waals surface area contributed by atoms with Gasteiger partial charge in [0.25, 0.3) is 0 Å². The van der Waals surface area contributed by atoms with Crippen LogP contribution < -0.4 is 0 Å². The lowest BCUT2D eigenvalue weighted by atomic mass is 9.57. The van der Waals surface area contributed by atoms with E-state index in [-0.39, 0.29) is 0 Å². The monoisotopic (exact) mass is 196 g/mol. The Morgan fingerprint density at radius 1 is 1.14 bits per heavy atom. The maximum absolute atomic E-state index is 2.46. The van der Waals surface area contributed by atoms with E-state index in [1.54, 1.807) is 0 Å². The SMILES string of the molecule is CCC(C)C1(CC)CCCC(C)(C)C1. The molecule has 1 aliphatic carbocycles. The molecule has 0 aromatic rings. The fraction of sp³-hybridized carbons (Fsp3) is 1.00. The lowest BCUT2D eigenvalue weighted by Crippen LogP contribution is -2.37. The van der Waals surface area contributed by atoms with Gasteiger partial charge >= 0.3 is 0 Å². The first-order valence-corrected chi connectivity index (χ1v) is 6.46. The van der Waals surface area contributed by atoms with Crippen molar-refractivity contribution < 1.29 is 0 Å². The van der Waals surface area contributed by atoms with Gasteiger partial charge in [0.2, 0.25) is 0 Å². The molecule has 0 saturated heterocycles. The molecule has 0 radical (unpaired) electrons. The average molecular weight is 196 g/mol. The molecule has 1 aliphatic rings. The van der Waals surface area contributed by atoms with Crippen LogP contribution in [0.1, 0.15) is 73.1 Å². The van der Waals surface area contributed by atoms with E-state index in [1.165, 1.54) is 38.5 Å². The average Bonchev–Trinajstić information content (AvgIpc) is 2.14. The smallest absolute Gasteiger partial charge is 0.0269 e. The third-order valence-corrected chi connectivity index (χ3v) is 4.72. The Balaban J connectivity index is 2.78. The summed E-state index contributed by atoms with van der Waals surface area (Å²) in [5.74, 6) is 0.909. The minimum atomic E-state index is 0.595. The third kappa shape index (κ3) is 2.32. The highest BCUT2D eigenvalue weighted by Crippen LogP contribution is 2.52. The van der Waals surface area contributed by atoms with E-state index in [0.29, 0.717) is 10.8 Å². The molecule has 2 atom stereocenters. The predicted molar refractivity (Wildman–Crippen MR) is 64.4 cm³/mol. The zero-order valence-electron chi connectivity index (χ0n) is 10.8. The van der Waals surface area contributed by atoms with Crippen LogP contribution in [-0.4, -0.2) is 0 Å². The summed E-state index contributed by atoms with van der Waals surface area (Å²) in [4.78, 5) is 0. The fourth-order valence-electron chi connectivity index (χ4n) is 3.55. The Morgan fingerprint density at radius 2 is 1.79 bits per heavy atom. The van der Waals surface area contributed by atoms with Gasteiger partial charge in [-0.05, 0) is 36.0 Å². The second kappa shape index (κ2) is 4.24. The van der Waals surface area contributed by atoms with Crippen molar-refractivity contribution in [3.8, 4) is 0 Å². The first kappa shape index (κ1) is 12.1. The molecule has 1 saturated carbocycles. The van der Waals surface area contributed by atoms with Crippen LogP contribution in [0, 0.1) is 16.7 Å². The van der Waals surface area contributed by atoms with Crippen molar-refractivity contribution in [1.29, 1.82) is 0 Å². The van der Waals surface area contributed by atoms with E-state index in [1.807, 2.05) is 0 Å². The van der Waals surface area contributed by atoms with E-state index in [9.17, 15) is 0 Å². The van der Waals surface area contributed by atoms with E-state index in [4.69, 9.17) is 0 Å². The highest BCUT2D eigenvalue weighted by Gasteiger charge is 2.41. The molecular formula is C14H28. The van der Waals surface area contributed by atoms with Crippen LogP contribution in [0.3, 0.4) is 0 Å². The summed E-state index contributed by atoms with van der Waals surface area (Å²) in [7, 11) is 0. The molecule has 84 valence electrons. The number of hydrogen-bond acceptors (Lipinski definition) is 0. The van der Waals surface area contributed by atoms with Crippen molar-refractivity contribution in [3.05, 3.63) is 0 Å². The normalized spacial score (nSPS) is 34.1. The van der Waals surface area contributed by atoms with Crippen LogP contribution in [-0.2, 0) is 0 Å². The molecule has 0 heteroatoms. The van der Waals surface area contributed by atoms with Crippen LogP contribution in [0.15, 0.2) is 0 Å². The van der Waals surface area contributed by atoms with Gasteiger partial charge in [-0.15, -0.1) is 0 Å². The molecule has 0 aromatic heterocycles. The summed E-state index contributed by atoms with van der Waals surface area (Å²) in [6.07, 6.45) is 8.54. The maximum Gasteiger partial charge on any atom is -0.0269 e. The van der Waals surface area contributed by atoms with Crippen molar-refractivity contribution in [2.75, 3.05) is 0 Å². The van der Waals surface area contributed by atoms with E-state index in [2.05, 4.69) is 34.6 Å². The van der Waals surface area contributed by atoms with Gasteiger partial charge in [-0.1, -0.05) is 53.9 Å². The van der Waals surface area contributed by atoms with E-state index < -0.39 is 0 Å². The van der Waals surface area contributed by atoms with Gasteiger partial charge in [-0.25, -0.2) is 0 Å². The Labute approximate surface area is 90.5 Å². The molecular weight excluding hydrogens is 168 g/mol. The summed E-state index contributed by atoms with van der Waals surface area (Å²) in [6.45, 7) is 12.1. The lowest BCUT2D eigenvalue weighted by Gasteiger charge is -2.48. The summed E-state index contributed by atoms with van der Waals surface area (Å²) in [5.41, 5.74) is 1.26. The Kier molecular flexibility index (Phi) is 3.66. The Hall–Kier alpha value is 0. The first-order valence-electron chi connectivity index (χ1n) is 6.46. The van der Waals surface area contributed by atoms with Crippen LogP contribution in [0.25, 0.3) is 0 Å². The zero-order chi connectivity index (χ0) is 10.8. The topological polar surface area (TPSA) is 0 Å². The van der Waals surface area contributed by atoms with Crippen molar-refractivity contribution in [2.24, 2.45) is 16.7 Å². The molecule has 0 spiro atoms. The van der Waals surface area contributed by atoms with Gasteiger partial charge in [-0.2, -0.15) is 0 Å². The second-order valence-corrected chi connectivity index (χ2v) is 6.22. The van der Waals surface area contributed by atoms with Crippen LogP contribution in [0.4, 0.5) is 0 Å². The molecule has 1 fully saturated rings. The fourth-order valence-corrected chi connectivity index (χ4v) is 3.55. The molecule has 0 bridgehead atoms. The minimum absolute atomic E-state index is 0.595. The largest absolute Gasteiger partial charge is 0.0651 e.